The van der Waals surface area contributed by atoms with E-state index >= 15 is 0 Å². The molecule has 0 aliphatic carbocycles. The number of ether oxygens (including phenoxy) is 2. The Morgan fingerprint density at radius 3 is 2.50 bits per heavy atom. The quantitative estimate of drug-likeness (QED) is 0.719. The molecule has 1 amide bonds. The summed E-state index contributed by atoms with van der Waals surface area (Å²) >= 11 is 5.89. The summed E-state index contributed by atoms with van der Waals surface area (Å²) < 4.78 is 10.7. The van der Waals surface area contributed by atoms with Crippen molar-refractivity contribution in [3.8, 4) is 11.5 Å². The third kappa shape index (κ3) is 5.76. The first-order valence-electron chi connectivity index (χ1n) is 7.62. The van der Waals surface area contributed by atoms with Crippen molar-refractivity contribution in [1.82, 2.24) is 5.32 Å². The molecule has 0 unspecified atom stereocenters. The smallest absolute Gasteiger partial charge is 0.238 e. The minimum Gasteiger partial charge on any atom is -0.497 e. The van der Waals surface area contributed by atoms with Crippen molar-refractivity contribution in [1.29, 1.82) is 0 Å². The van der Waals surface area contributed by atoms with Gasteiger partial charge in [0.1, 0.15) is 18.1 Å². The van der Waals surface area contributed by atoms with Crippen LogP contribution in [0.4, 0.5) is 5.69 Å². The lowest BCUT2D eigenvalue weighted by atomic mass is 10.2. The molecule has 5 nitrogen and oxygen atoms in total. The Balaban J connectivity index is 1.65. The summed E-state index contributed by atoms with van der Waals surface area (Å²) in [5.41, 5.74) is 1.69. The molecule has 128 valence electrons. The van der Waals surface area contributed by atoms with Crippen LogP contribution in [0.1, 0.15) is 5.56 Å². The number of halogens is 1. The fraction of sp³-hybridized carbons (Fsp3) is 0.278. The zero-order valence-electron chi connectivity index (χ0n) is 13.8. The van der Waals surface area contributed by atoms with E-state index in [0.29, 0.717) is 18.2 Å². The van der Waals surface area contributed by atoms with E-state index in [1.807, 2.05) is 37.3 Å². The van der Waals surface area contributed by atoms with Crippen LogP contribution in [0, 0.1) is 6.92 Å². The Morgan fingerprint density at radius 2 is 1.83 bits per heavy atom. The van der Waals surface area contributed by atoms with E-state index in [1.54, 1.807) is 19.2 Å². The average Bonchev–Trinajstić information content (AvgIpc) is 2.57. The molecule has 2 N–H and O–H groups in total. The molecular weight excluding hydrogens is 328 g/mol. The van der Waals surface area contributed by atoms with Gasteiger partial charge in [-0.3, -0.25) is 4.79 Å². The third-order valence-corrected chi connectivity index (χ3v) is 3.59. The zero-order chi connectivity index (χ0) is 17.4. The highest BCUT2D eigenvalue weighted by Crippen LogP contribution is 2.19. The molecule has 24 heavy (non-hydrogen) atoms. The Labute approximate surface area is 146 Å². The van der Waals surface area contributed by atoms with Crippen LogP contribution in [0.5, 0.6) is 11.5 Å². The maximum Gasteiger partial charge on any atom is 0.238 e. The molecule has 0 aliphatic rings. The summed E-state index contributed by atoms with van der Waals surface area (Å²) in [7, 11) is 1.62. The lowest BCUT2D eigenvalue weighted by Crippen LogP contribution is -2.31. The highest BCUT2D eigenvalue weighted by atomic mass is 35.5. The van der Waals surface area contributed by atoms with Crippen LogP contribution in [0.2, 0.25) is 5.02 Å². The van der Waals surface area contributed by atoms with Gasteiger partial charge in [0.25, 0.3) is 0 Å². The molecular formula is C18H21ClN2O3. The summed E-state index contributed by atoms with van der Waals surface area (Å²) in [6.07, 6.45) is 0. The van der Waals surface area contributed by atoms with E-state index < -0.39 is 0 Å². The summed E-state index contributed by atoms with van der Waals surface area (Å²) in [6.45, 7) is 3.16. The second-order valence-corrected chi connectivity index (χ2v) is 5.64. The Bertz CT molecular complexity index is 674. The highest BCUT2D eigenvalue weighted by molar-refractivity contribution is 6.30. The number of hydrogen-bond donors (Lipinski definition) is 2. The Kier molecular flexibility index (Phi) is 6.90. The number of carbonyl (C=O) groups is 1. The van der Waals surface area contributed by atoms with Crippen LogP contribution >= 0.6 is 11.6 Å². The number of amides is 1. The molecule has 0 saturated carbocycles. The maximum atomic E-state index is 11.9. The molecule has 6 heteroatoms. The van der Waals surface area contributed by atoms with Crippen molar-refractivity contribution in [2.45, 2.75) is 6.92 Å². The van der Waals surface area contributed by atoms with Crippen molar-refractivity contribution >= 4 is 23.2 Å². The zero-order valence-corrected chi connectivity index (χ0v) is 14.5. The van der Waals surface area contributed by atoms with Gasteiger partial charge in [-0.2, -0.15) is 0 Å². The first kappa shape index (κ1) is 18.1. The molecule has 2 aromatic rings. The number of anilines is 1. The number of aryl methyl sites for hydroxylation is 1. The highest BCUT2D eigenvalue weighted by Gasteiger charge is 2.04. The number of benzene rings is 2. The summed E-state index contributed by atoms with van der Waals surface area (Å²) in [5.74, 6) is 1.44. The third-order valence-electron chi connectivity index (χ3n) is 3.36. The standard InChI is InChI=1S/C18H21ClN2O3/c1-13-11-14(19)3-8-17(13)21-18(22)12-20-9-10-24-16-6-4-15(23-2)5-7-16/h3-8,11,20H,9-10,12H2,1-2H3,(H,21,22). The number of methoxy groups -OCH3 is 1. The van der Waals surface area contributed by atoms with Crippen LogP contribution in [0.15, 0.2) is 42.5 Å². The molecule has 0 spiro atoms. The van der Waals surface area contributed by atoms with Crippen molar-refractivity contribution in [3.05, 3.63) is 53.1 Å². The SMILES string of the molecule is COc1ccc(OCCNCC(=O)Nc2ccc(Cl)cc2C)cc1. The van der Waals surface area contributed by atoms with Crippen LogP contribution in [0.3, 0.4) is 0 Å². The number of nitrogens with one attached hydrogen (secondary N) is 2. The van der Waals surface area contributed by atoms with Gasteiger partial charge in [-0.1, -0.05) is 11.6 Å². The molecule has 0 atom stereocenters. The van der Waals surface area contributed by atoms with Crippen molar-refractivity contribution < 1.29 is 14.3 Å². The Morgan fingerprint density at radius 1 is 1.12 bits per heavy atom. The van der Waals surface area contributed by atoms with E-state index in [0.717, 1.165) is 22.7 Å². The van der Waals surface area contributed by atoms with Gasteiger partial charge in [-0.15, -0.1) is 0 Å². The second kappa shape index (κ2) is 9.15. The topological polar surface area (TPSA) is 59.6 Å². The summed E-state index contributed by atoms with van der Waals surface area (Å²) in [5, 5.41) is 6.54. The number of rotatable bonds is 8. The average molecular weight is 349 g/mol. The molecule has 0 heterocycles. The van der Waals surface area contributed by atoms with Gasteiger partial charge >= 0.3 is 0 Å². The molecule has 0 bridgehead atoms. The van der Waals surface area contributed by atoms with Gasteiger partial charge in [0.2, 0.25) is 5.91 Å². The normalized spacial score (nSPS) is 10.3. The molecule has 0 aromatic heterocycles. The van der Waals surface area contributed by atoms with Gasteiger partial charge in [0.05, 0.1) is 13.7 Å². The van der Waals surface area contributed by atoms with Crippen LogP contribution in [-0.4, -0.2) is 32.7 Å². The number of hydrogen-bond acceptors (Lipinski definition) is 4. The van der Waals surface area contributed by atoms with E-state index in [9.17, 15) is 4.79 Å². The lowest BCUT2D eigenvalue weighted by Gasteiger charge is -2.10. The lowest BCUT2D eigenvalue weighted by molar-refractivity contribution is -0.115. The fourth-order valence-electron chi connectivity index (χ4n) is 2.08. The van der Waals surface area contributed by atoms with Gasteiger partial charge in [0, 0.05) is 17.3 Å². The largest absolute Gasteiger partial charge is 0.497 e. The second-order valence-electron chi connectivity index (χ2n) is 5.21. The van der Waals surface area contributed by atoms with Gasteiger partial charge in [-0.25, -0.2) is 0 Å². The van der Waals surface area contributed by atoms with Crippen LogP contribution in [0.25, 0.3) is 0 Å². The van der Waals surface area contributed by atoms with Crippen molar-refractivity contribution in [2.24, 2.45) is 0 Å². The summed E-state index contributed by atoms with van der Waals surface area (Å²) in [4.78, 5) is 11.9. The van der Waals surface area contributed by atoms with Crippen LogP contribution in [-0.2, 0) is 4.79 Å². The molecule has 0 radical (unpaired) electrons. The molecule has 2 rings (SSSR count). The summed E-state index contributed by atoms with van der Waals surface area (Å²) in [6, 6.07) is 12.7. The minimum absolute atomic E-state index is 0.107. The van der Waals surface area contributed by atoms with Crippen LogP contribution < -0.4 is 20.1 Å². The van der Waals surface area contributed by atoms with Gasteiger partial charge in [-0.05, 0) is 55.0 Å². The predicted octanol–water partition coefficient (Wildman–Crippen LogP) is 3.26. The van der Waals surface area contributed by atoms with E-state index in [4.69, 9.17) is 21.1 Å². The minimum atomic E-state index is -0.107. The predicted molar refractivity (Wildman–Crippen MR) is 96.2 cm³/mol. The van der Waals surface area contributed by atoms with E-state index in [-0.39, 0.29) is 12.5 Å². The van der Waals surface area contributed by atoms with Crippen molar-refractivity contribution in [3.63, 3.8) is 0 Å². The fourth-order valence-corrected chi connectivity index (χ4v) is 2.30. The molecule has 0 fully saturated rings. The monoisotopic (exact) mass is 348 g/mol. The first-order valence-corrected chi connectivity index (χ1v) is 8.00. The number of carbonyl (C=O) groups excluding carboxylic acids is 1. The maximum absolute atomic E-state index is 11.9. The first-order chi connectivity index (χ1) is 11.6. The molecule has 0 saturated heterocycles. The van der Waals surface area contributed by atoms with Gasteiger partial charge < -0.3 is 20.1 Å². The molecule has 0 aliphatic heterocycles. The van der Waals surface area contributed by atoms with Gasteiger partial charge in [0.15, 0.2) is 0 Å². The Hall–Kier alpha value is -2.24. The van der Waals surface area contributed by atoms with E-state index in [2.05, 4.69) is 10.6 Å². The molecule has 2 aromatic carbocycles. The van der Waals surface area contributed by atoms with E-state index in [1.165, 1.54) is 0 Å². The van der Waals surface area contributed by atoms with Crippen molar-refractivity contribution in [2.75, 3.05) is 32.1 Å².